The number of likely N-dealkylation sites (tertiary alicyclic amines) is 1. The first kappa shape index (κ1) is 48.3. The maximum atomic E-state index is 14.3. The van der Waals surface area contributed by atoms with Crippen molar-refractivity contribution in [3.63, 3.8) is 0 Å². The van der Waals surface area contributed by atoms with Crippen LogP contribution in [0, 0.1) is 0 Å². The van der Waals surface area contributed by atoms with E-state index in [1.165, 1.54) is 22.9 Å². The summed E-state index contributed by atoms with van der Waals surface area (Å²) in [5.74, 6) is 0.888. The van der Waals surface area contributed by atoms with Gasteiger partial charge in [-0.05, 0) is 104 Å². The summed E-state index contributed by atoms with van der Waals surface area (Å²) >= 11 is 7.63. The molecule has 0 saturated carbocycles. The van der Waals surface area contributed by atoms with Crippen molar-refractivity contribution in [1.82, 2.24) is 29.5 Å². The molecule has 0 spiro atoms. The van der Waals surface area contributed by atoms with Crippen molar-refractivity contribution in [1.29, 1.82) is 0 Å². The lowest BCUT2D eigenvalue weighted by atomic mass is 9.97. The molecular formula is C46H54ClF3N8O5S3. The topological polar surface area (TPSA) is 142 Å². The number of thioether (sulfide) groups is 1. The number of nitrogens with zero attached hydrogens (tertiary/aromatic N) is 6. The maximum Gasteiger partial charge on any atom is 0.501 e. The fourth-order valence-electron chi connectivity index (χ4n) is 8.84. The Bertz CT molecular complexity index is 2630. The highest BCUT2D eigenvalue weighted by atomic mass is 35.5. The minimum atomic E-state index is -6.01. The van der Waals surface area contributed by atoms with Crippen LogP contribution in [0.25, 0.3) is 11.1 Å². The molecule has 2 fully saturated rings. The quantitative estimate of drug-likeness (QED) is 0.0929. The van der Waals surface area contributed by atoms with Crippen LogP contribution < -0.4 is 10.0 Å². The summed E-state index contributed by atoms with van der Waals surface area (Å²) < 4.78 is 107. The van der Waals surface area contributed by atoms with E-state index < -0.39 is 41.2 Å². The Labute approximate surface area is 394 Å². The summed E-state index contributed by atoms with van der Waals surface area (Å²) in [6, 6.07) is 28.4. The van der Waals surface area contributed by atoms with Crippen LogP contribution in [-0.2, 0) is 44.1 Å². The smallest absolute Gasteiger partial charge is 0.380 e. The number of aryl methyl sites for hydroxylation is 1. The van der Waals surface area contributed by atoms with Crippen LogP contribution in [0.2, 0.25) is 5.02 Å². The first-order valence-corrected chi connectivity index (χ1v) is 26.5. The third kappa shape index (κ3) is 11.9. The van der Waals surface area contributed by atoms with Gasteiger partial charge in [-0.1, -0.05) is 66.2 Å². The predicted octanol–water partition coefficient (Wildman–Crippen LogP) is 7.90. The number of aromatic nitrogens is 3. The molecule has 4 aromatic carbocycles. The number of alkyl halides is 3. The van der Waals surface area contributed by atoms with Gasteiger partial charge in [0.05, 0.1) is 23.8 Å². The molecule has 1 aromatic heterocycles. The largest absolute Gasteiger partial charge is 0.501 e. The van der Waals surface area contributed by atoms with Gasteiger partial charge in [0, 0.05) is 73.4 Å². The lowest BCUT2D eigenvalue weighted by Gasteiger charge is -2.39. The zero-order chi connectivity index (χ0) is 46.3. The number of ether oxygens (including phenoxy) is 1. The molecule has 13 nitrogen and oxygen atoms in total. The minimum Gasteiger partial charge on any atom is -0.380 e. The van der Waals surface area contributed by atoms with Gasteiger partial charge in [0.25, 0.3) is 19.9 Å². The van der Waals surface area contributed by atoms with Gasteiger partial charge in [-0.15, -0.1) is 22.0 Å². The number of benzene rings is 4. The first-order chi connectivity index (χ1) is 31.7. The van der Waals surface area contributed by atoms with Crippen molar-refractivity contribution in [3.8, 4) is 11.1 Å². The summed E-state index contributed by atoms with van der Waals surface area (Å²) in [5.41, 5.74) is -2.48. The van der Waals surface area contributed by atoms with E-state index in [2.05, 4.69) is 53.1 Å². The van der Waals surface area contributed by atoms with Gasteiger partial charge in [0.2, 0.25) is 5.95 Å². The van der Waals surface area contributed by atoms with Crippen LogP contribution in [0.4, 0.5) is 24.8 Å². The van der Waals surface area contributed by atoms with E-state index >= 15 is 0 Å². The van der Waals surface area contributed by atoms with Crippen molar-refractivity contribution in [2.24, 2.45) is 0 Å². The zero-order valence-electron chi connectivity index (χ0n) is 36.4. The maximum absolute atomic E-state index is 14.3. The van der Waals surface area contributed by atoms with Crippen molar-refractivity contribution in [3.05, 3.63) is 113 Å². The van der Waals surface area contributed by atoms with Crippen LogP contribution in [-0.4, -0.2) is 129 Å². The predicted molar refractivity (Wildman–Crippen MR) is 252 cm³/mol. The molecule has 5 aromatic rings. The van der Waals surface area contributed by atoms with Crippen molar-refractivity contribution in [2.75, 3.05) is 74.8 Å². The summed E-state index contributed by atoms with van der Waals surface area (Å²) in [6.45, 7) is 7.59. The van der Waals surface area contributed by atoms with Crippen LogP contribution >= 0.6 is 23.4 Å². The highest BCUT2D eigenvalue weighted by Gasteiger charge is 2.48. The van der Waals surface area contributed by atoms with E-state index in [9.17, 15) is 30.0 Å². The number of anilines is 2. The number of halogens is 4. The van der Waals surface area contributed by atoms with Gasteiger partial charge >= 0.3 is 5.51 Å². The summed E-state index contributed by atoms with van der Waals surface area (Å²) in [7, 11) is -10.7. The fraction of sp³-hybridized carbons (Fsp3) is 0.435. The second-order valence-electron chi connectivity index (χ2n) is 16.8. The Morgan fingerprint density at radius 1 is 0.818 bits per heavy atom. The second-order valence-corrected chi connectivity index (χ2v) is 21.9. The van der Waals surface area contributed by atoms with Gasteiger partial charge in [-0.2, -0.15) is 13.2 Å². The van der Waals surface area contributed by atoms with E-state index in [1.807, 2.05) is 60.7 Å². The van der Waals surface area contributed by atoms with Gasteiger partial charge in [-0.3, -0.25) is 19.3 Å². The molecule has 0 bridgehead atoms. The molecule has 354 valence electrons. The SMILES string of the molecule is O=S(=O)(Nc1nnc2n1CCN(C1CCN(Cc3ccccc3-c3ccc(Cl)cc3)CC1)CCC2)c1ccc(N[C@H](CCN2CCOCC2)CSc2ccccc2)c(S(=O)(=O)C(F)(F)F)c1. The number of morpholine rings is 1. The molecule has 66 heavy (non-hydrogen) atoms. The van der Waals surface area contributed by atoms with Crippen LogP contribution in [0.1, 0.15) is 37.1 Å². The molecule has 3 aliphatic rings. The van der Waals surface area contributed by atoms with Crippen molar-refractivity contribution < 1.29 is 34.7 Å². The van der Waals surface area contributed by atoms with Crippen LogP contribution in [0.5, 0.6) is 0 Å². The van der Waals surface area contributed by atoms with Gasteiger partial charge in [-0.25, -0.2) is 21.6 Å². The Morgan fingerprint density at radius 2 is 1.55 bits per heavy atom. The number of hydrogen-bond donors (Lipinski definition) is 2. The number of fused-ring (bicyclic) bond motifs is 1. The number of hydrogen-bond acceptors (Lipinski definition) is 12. The lowest BCUT2D eigenvalue weighted by Crippen LogP contribution is -2.46. The normalized spacial score (nSPS) is 18.0. The number of rotatable bonds is 16. The lowest BCUT2D eigenvalue weighted by molar-refractivity contribution is -0.0435. The molecule has 20 heteroatoms. The van der Waals surface area contributed by atoms with Crippen LogP contribution in [0.3, 0.4) is 0 Å². The molecule has 0 amide bonds. The molecule has 1 atom stereocenters. The first-order valence-electron chi connectivity index (χ1n) is 22.2. The second kappa shape index (κ2) is 21.4. The number of piperidine rings is 1. The van der Waals surface area contributed by atoms with Crippen molar-refractivity contribution >= 4 is 54.9 Å². The highest BCUT2D eigenvalue weighted by molar-refractivity contribution is 7.99. The molecule has 0 unspecified atom stereocenters. The van der Waals surface area contributed by atoms with Crippen LogP contribution in [0.15, 0.2) is 112 Å². The molecule has 0 aliphatic carbocycles. The summed E-state index contributed by atoms with van der Waals surface area (Å²) in [4.78, 5) is 6.19. The van der Waals surface area contributed by atoms with E-state index in [0.29, 0.717) is 87.5 Å². The Hall–Kier alpha value is -4.21. The average Bonchev–Trinajstić information content (AvgIpc) is 3.66. The monoisotopic (exact) mass is 986 g/mol. The van der Waals surface area contributed by atoms with Gasteiger partial charge < -0.3 is 10.1 Å². The van der Waals surface area contributed by atoms with E-state index in [4.69, 9.17) is 16.3 Å². The molecule has 2 N–H and O–H groups in total. The van der Waals surface area contributed by atoms with E-state index in [-0.39, 0.29) is 11.6 Å². The Kier molecular flexibility index (Phi) is 15.6. The van der Waals surface area contributed by atoms with Gasteiger partial charge in [0.15, 0.2) is 0 Å². The average molecular weight is 988 g/mol. The highest BCUT2D eigenvalue weighted by Crippen LogP contribution is 2.37. The molecule has 2 saturated heterocycles. The zero-order valence-corrected chi connectivity index (χ0v) is 39.6. The Balaban J connectivity index is 0.947. The van der Waals surface area contributed by atoms with Gasteiger partial charge in [0.1, 0.15) is 10.7 Å². The minimum absolute atomic E-state index is 0.0930. The third-order valence-corrected chi connectivity index (χ3v) is 16.7. The molecule has 4 heterocycles. The third-order valence-electron chi connectivity index (χ3n) is 12.5. The number of nitrogens with one attached hydrogen (secondary N) is 2. The van der Waals surface area contributed by atoms with Crippen molar-refractivity contribution in [2.45, 2.75) is 77.5 Å². The van der Waals surface area contributed by atoms with E-state index in [1.54, 1.807) is 4.57 Å². The number of sulfone groups is 1. The Morgan fingerprint density at radius 3 is 2.29 bits per heavy atom. The summed E-state index contributed by atoms with van der Waals surface area (Å²) in [6.07, 6.45) is 3.71. The van der Waals surface area contributed by atoms with E-state index in [0.717, 1.165) is 68.0 Å². The summed E-state index contributed by atoms with van der Waals surface area (Å²) in [5, 5.41) is 12.2. The number of sulfonamides is 1. The molecular weight excluding hydrogens is 933 g/mol. The molecule has 8 rings (SSSR count). The molecule has 0 radical (unpaired) electrons. The molecule has 3 aliphatic heterocycles. The fourth-order valence-corrected chi connectivity index (χ4v) is 12.0. The standard InChI is InChI=1S/C46H54ClF3N8O5S3/c47-36-14-12-34(13-15-36)41-10-5-4-7-35(41)32-56-23-19-38(20-24-56)57-21-6-11-44-52-53-45(58(44)26-25-57)54-66(61,62)40-16-17-42(43(31-40)65(59,60)46(48,49)50)51-37(18-22-55-27-29-63-30-28-55)33-64-39-8-2-1-3-9-39/h1-5,7-10,12-17,31,37-38,51H,6,11,18-30,32-33H2,(H,53,54)/t37-/m1/s1.